The number of hydrogen-bond acceptors (Lipinski definition) is 5. The van der Waals surface area contributed by atoms with E-state index in [0.29, 0.717) is 11.1 Å². The summed E-state index contributed by atoms with van der Waals surface area (Å²) < 4.78 is 4.58. The van der Waals surface area contributed by atoms with Gasteiger partial charge in [-0.1, -0.05) is 36.4 Å². The lowest BCUT2D eigenvalue weighted by molar-refractivity contribution is 0.0595. The number of fused-ring (bicyclic) bond motifs is 2. The van der Waals surface area contributed by atoms with Crippen LogP contribution in [0, 0.1) is 0 Å². The molecule has 2 aromatic heterocycles. The van der Waals surface area contributed by atoms with Gasteiger partial charge in [-0.2, -0.15) is 10.2 Å². The minimum Gasteiger partial charge on any atom is -0.476 e. The Kier molecular flexibility index (Phi) is 4.42. The molecular weight excluding hydrogens is 324 g/mol. The number of aromatic amines is 2. The van der Waals surface area contributed by atoms with Crippen LogP contribution < -0.4 is 0 Å². The zero-order valence-electron chi connectivity index (χ0n) is 13.2. The van der Waals surface area contributed by atoms with E-state index in [0.717, 1.165) is 16.4 Å². The number of aromatic nitrogens is 4. The average molecular weight is 338 g/mol. The Hall–Kier alpha value is -3.68. The number of nitrogens with zero attached hydrogens (tertiary/aromatic N) is 2. The number of carbonyl (C=O) groups excluding carboxylic acids is 1. The van der Waals surface area contributed by atoms with Gasteiger partial charge in [-0.15, -0.1) is 0 Å². The van der Waals surface area contributed by atoms with Gasteiger partial charge in [0, 0.05) is 10.8 Å². The predicted molar refractivity (Wildman–Crippen MR) is 90.5 cm³/mol. The summed E-state index contributed by atoms with van der Waals surface area (Å²) in [7, 11) is 1.34. The molecule has 3 N–H and O–H groups in total. The van der Waals surface area contributed by atoms with E-state index in [9.17, 15) is 9.59 Å². The largest absolute Gasteiger partial charge is 0.476 e. The Morgan fingerprint density at radius 2 is 1.36 bits per heavy atom. The van der Waals surface area contributed by atoms with Crippen molar-refractivity contribution in [1.29, 1.82) is 0 Å². The van der Waals surface area contributed by atoms with Crippen LogP contribution in [0.5, 0.6) is 0 Å². The van der Waals surface area contributed by atoms with Gasteiger partial charge in [-0.05, 0) is 12.1 Å². The second-order valence-electron chi connectivity index (χ2n) is 5.03. The van der Waals surface area contributed by atoms with Gasteiger partial charge < -0.3 is 9.84 Å². The summed E-state index contributed by atoms with van der Waals surface area (Å²) >= 11 is 0. The number of ether oxygens (including phenoxy) is 1. The van der Waals surface area contributed by atoms with E-state index in [-0.39, 0.29) is 5.69 Å². The van der Waals surface area contributed by atoms with Crippen LogP contribution in [0.2, 0.25) is 0 Å². The highest BCUT2D eigenvalue weighted by atomic mass is 16.5. The quantitative estimate of drug-likeness (QED) is 0.483. The number of para-hydroxylation sites is 2. The van der Waals surface area contributed by atoms with E-state index in [2.05, 4.69) is 25.1 Å². The van der Waals surface area contributed by atoms with E-state index in [1.54, 1.807) is 18.2 Å². The third-order valence-electron chi connectivity index (χ3n) is 3.52. The van der Waals surface area contributed by atoms with Gasteiger partial charge >= 0.3 is 11.9 Å². The Morgan fingerprint density at radius 1 is 0.880 bits per heavy atom. The average Bonchev–Trinajstić information content (AvgIpc) is 3.26. The zero-order valence-corrected chi connectivity index (χ0v) is 13.2. The number of rotatable bonds is 2. The molecule has 0 saturated heterocycles. The SMILES string of the molecule is COC(=O)c1n[nH]c2ccccc12.O=C(O)c1n[nH]c2ccccc12. The fraction of sp³-hybridized carbons (Fsp3) is 0.0588. The van der Waals surface area contributed by atoms with Crippen LogP contribution >= 0.6 is 0 Å². The highest BCUT2D eigenvalue weighted by molar-refractivity contribution is 6.02. The molecule has 0 fully saturated rings. The van der Waals surface area contributed by atoms with Crippen LogP contribution in [0.15, 0.2) is 48.5 Å². The first-order valence-corrected chi connectivity index (χ1v) is 7.29. The van der Waals surface area contributed by atoms with Crippen LogP contribution in [-0.4, -0.2) is 44.5 Å². The molecule has 8 heteroatoms. The van der Waals surface area contributed by atoms with E-state index >= 15 is 0 Å². The molecule has 2 heterocycles. The Labute approximate surface area is 141 Å². The van der Waals surface area contributed by atoms with Crippen molar-refractivity contribution in [3.63, 3.8) is 0 Å². The number of methoxy groups -OCH3 is 1. The molecule has 8 nitrogen and oxygen atoms in total. The summed E-state index contributed by atoms with van der Waals surface area (Å²) in [6, 6.07) is 14.5. The Balaban J connectivity index is 0.000000146. The maximum Gasteiger partial charge on any atom is 0.359 e. The first-order valence-electron chi connectivity index (χ1n) is 7.29. The molecule has 25 heavy (non-hydrogen) atoms. The molecule has 0 amide bonds. The maximum atomic E-state index is 11.2. The first kappa shape index (κ1) is 16.2. The number of aromatic carboxylic acids is 1. The lowest BCUT2D eigenvalue weighted by Gasteiger charge is -1.93. The number of esters is 1. The molecule has 4 rings (SSSR count). The molecule has 0 spiro atoms. The molecule has 0 unspecified atom stereocenters. The fourth-order valence-electron chi connectivity index (χ4n) is 2.34. The van der Waals surface area contributed by atoms with E-state index in [1.165, 1.54) is 7.11 Å². The molecule has 4 aromatic rings. The molecule has 2 aromatic carbocycles. The van der Waals surface area contributed by atoms with Gasteiger partial charge in [0.25, 0.3) is 0 Å². The number of benzene rings is 2. The number of carbonyl (C=O) groups is 2. The van der Waals surface area contributed by atoms with Crippen molar-refractivity contribution in [1.82, 2.24) is 20.4 Å². The first-order chi connectivity index (χ1) is 12.1. The van der Waals surface area contributed by atoms with Gasteiger partial charge in [0.2, 0.25) is 0 Å². The number of hydrogen-bond donors (Lipinski definition) is 3. The Bertz CT molecular complexity index is 1050. The normalized spacial score (nSPS) is 10.3. The van der Waals surface area contributed by atoms with Crippen molar-refractivity contribution in [2.24, 2.45) is 0 Å². The Morgan fingerprint density at radius 3 is 1.88 bits per heavy atom. The summed E-state index contributed by atoms with van der Waals surface area (Å²) in [4.78, 5) is 21.8. The molecular formula is C17H14N4O4. The summed E-state index contributed by atoms with van der Waals surface area (Å²) in [5, 5.41) is 23.0. The molecule has 0 aliphatic rings. The third kappa shape index (κ3) is 3.18. The summed E-state index contributed by atoms with van der Waals surface area (Å²) in [5.74, 6) is -1.43. The summed E-state index contributed by atoms with van der Waals surface area (Å²) in [6.07, 6.45) is 0. The van der Waals surface area contributed by atoms with Crippen LogP contribution in [0.3, 0.4) is 0 Å². The fourth-order valence-corrected chi connectivity index (χ4v) is 2.34. The maximum absolute atomic E-state index is 11.2. The van der Waals surface area contributed by atoms with Crippen molar-refractivity contribution >= 4 is 33.7 Å². The number of nitrogens with one attached hydrogen (secondary N) is 2. The van der Waals surface area contributed by atoms with Gasteiger partial charge in [0.1, 0.15) is 0 Å². The van der Waals surface area contributed by atoms with Crippen molar-refractivity contribution in [2.75, 3.05) is 7.11 Å². The molecule has 0 aliphatic heterocycles. The lowest BCUT2D eigenvalue weighted by atomic mass is 10.2. The van der Waals surface area contributed by atoms with Gasteiger partial charge in [0.15, 0.2) is 11.4 Å². The van der Waals surface area contributed by atoms with E-state index < -0.39 is 11.9 Å². The molecule has 0 aliphatic carbocycles. The minimum absolute atomic E-state index is 0.0746. The smallest absolute Gasteiger partial charge is 0.359 e. The molecule has 0 saturated carbocycles. The molecule has 0 bridgehead atoms. The predicted octanol–water partition coefficient (Wildman–Crippen LogP) is 2.61. The second-order valence-corrected chi connectivity index (χ2v) is 5.03. The zero-order chi connectivity index (χ0) is 17.8. The monoisotopic (exact) mass is 338 g/mol. The summed E-state index contributed by atoms with van der Waals surface area (Å²) in [6.45, 7) is 0. The van der Waals surface area contributed by atoms with E-state index in [1.807, 2.05) is 30.3 Å². The van der Waals surface area contributed by atoms with Crippen LogP contribution in [0.4, 0.5) is 0 Å². The topological polar surface area (TPSA) is 121 Å². The van der Waals surface area contributed by atoms with Crippen molar-refractivity contribution in [3.05, 3.63) is 59.9 Å². The summed E-state index contributed by atoms with van der Waals surface area (Å²) in [5.41, 5.74) is 1.99. The van der Waals surface area contributed by atoms with Crippen LogP contribution in [-0.2, 0) is 4.74 Å². The highest BCUT2D eigenvalue weighted by Crippen LogP contribution is 2.15. The van der Waals surface area contributed by atoms with Crippen LogP contribution in [0.1, 0.15) is 21.0 Å². The number of carboxylic acid groups (broad SMARTS) is 1. The number of carboxylic acids is 1. The van der Waals surface area contributed by atoms with Crippen molar-refractivity contribution < 1.29 is 19.4 Å². The minimum atomic E-state index is -1.01. The van der Waals surface area contributed by atoms with Crippen molar-refractivity contribution in [3.8, 4) is 0 Å². The van der Waals surface area contributed by atoms with Crippen LogP contribution in [0.25, 0.3) is 21.8 Å². The van der Waals surface area contributed by atoms with Crippen molar-refractivity contribution in [2.45, 2.75) is 0 Å². The molecule has 0 radical (unpaired) electrons. The lowest BCUT2D eigenvalue weighted by Crippen LogP contribution is -2.01. The number of H-pyrrole nitrogens is 2. The van der Waals surface area contributed by atoms with Gasteiger partial charge in [-0.3, -0.25) is 10.2 Å². The van der Waals surface area contributed by atoms with E-state index in [4.69, 9.17) is 5.11 Å². The highest BCUT2D eigenvalue weighted by Gasteiger charge is 2.13. The molecule has 126 valence electrons. The standard InChI is InChI=1S/C9H8N2O2.C8H6N2O2/c1-13-9(12)8-6-4-2-3-5-7(6)10-11-8;11-8(12)7-5-3-1-2-4-6(5)9-10-7/h2-5H,1H3,(H,10,11);1-4H,(H,9,10)(H,11,12). The van der Waals surface area contributed by atoms with Gasteiger partial charge in [-0.25, -0.2) is 9.59 Å². The third-order valence-corrected chi connectivity index (χ3v) is 3.52. The molecule has 0 atom stereocenters. The second kappa shape index (κ2) is 6.83. The van der Waals surface area contributed by atoms with Gasteiger partial charge in [0.05, 0.1) is 18.1 Å².